The minimum atomic E-state index is -3.56. The van der Waals surface area contributed by atoms with Gasteiger partial charge in [-0.2, -0.15) is 4.31 Å². The predicted octanol–water partition coefficient (Wildman–Crippen LogP) is 2.03. The molecule has 0 aliphatic carbocycles. The van der Waals surface area contributed by atoms with Gasteiger partial charge >= 0.3 is 0 Å². The van der Waals surface area contributed by atoms with Crippen LogP contribution in [0, 0.1) is 6.92 Å². The summed E-state index contributed by atoms with van der Waals surface area (Å²) in [5.74, 6) is 0. The van der Waals surface area contributed by atoms with Crippen molar-refractivity contribution < 1.29 is 13.2 Å². The van der Waals surface area contributed by atoms with Crippen molar-refractivity contribution in [2.45, 2.75) is 30.8 Å². The first kappa shape index (κ1) is 15.6. The largest absolute Gasteiger partial charge is 0.398 e. The molecule has 0 radical (unpaired) electrons. The van der Waals surface area contributed by atoms with E-state index < -0.39 is 10.0 Å². The summed E-state index contributed by atoms with van der Waals surface area (Å²) in [6.07, 6.45) is 1.53. The van der Waals surface area contributed by atoms with Crippen LogP contribution in [-0.4, -0.2) is 39.0 Å². The Hall–Kier alpha value is -0.820. The fraction of sp³-hybridized carbons (Fsp3) is 0.538. The van der Waals surface area contributed by atoms with Crippen molar-refractivity contribution in [3.05, 3.63) is 22.7 Å². The van der Waals surface area contributed by atoms with Gasteiger partial charge in [-0.3, -0.25) is 0 Å². The van der Waals surface area contributed by atoms with Crippen LogP contribution in [0.5, 0.6) is 0 Å². The van der Waals surface area contributed by atoms with Gasteiger partial charge in [0.05, 0.1) is 11.0 Å². The predicted molar refractivity (Wildman–Crippen MR) is 79.4 cm³/mol. The maximum Gasteiger partial charge on any atom is 0.243 e. The molecule has 0 saturated carbocycles. The van der Waals surface area contributed by atoms with E-state index in [1.54, 1.807) is 20.1 Å². The van der Waals surface area contributed by atoms with Gasteiger partial charge in [0.15, 0.2) is 0 Å². The summed E-state index contributed by atoms with van der Waals surface area (Å²) in [6, 6.07) is 3.03. The van der Waals surface area contributed by atoms with Crippen LogP contribution in [0.2, 0.25) is 5.02 Å². The van der Waals surface area contributed by atoms with Crippen LogP contribution in [-0.2, 0) is 14.8 Å². The Balaban J connectivity index is 2.32. The molecule has 1 aliphatic rings. The normalized spacial score (nSPS) is 18.4. The molecule has 1 heterocycles. The number of ether oxygens (including phenoxy) is 1. The van der Waals surface area contributed by atoms with Crippen molar-refractivity contribution in [2.75, 3.05) is 25.9 Å². The Bertz CT molecular complexity index is 596. The second kappa shape index (κ2) is 5.89. The monoisotopic (exact) mass is 318 g/mol. The highest BCUT2D eigenvalue weighted by atomic mass is 35.5. The van der Waals surface area contributed by atoms with Gasteiger partial charge in [-0.25, -0.2) is 8.42 Å². The van der Waals surface area contributed by atoms with Crippen molar-refractivity contribution in [2.24, 2.45) is 0 Å². The third kappa shape index (κ3) is 2.93. The Kier molecular flexibility index (Phi) is 4.59. The second-order valence-corrected chi connectivity index (χ2v) is 7.30. The molecule has 0 aromatic heterocycles. The van der Waals surface area contributed by atoms with Gasteiger partial charge in [0.2, 0.25) is 10.0 Å². The lowest BCUT2D eigenvalue weighted by Crippen LogP contribution is -2.40. The lowest BCUT2D eigenvalue weighted by molar-refractivity contribution is 0.0604. The van der Waals surface area contributed by atoms with Crippen LogP contribution in [0.3, 0.4) is 0 Å². The zero-order chi connectivity index (χ0) is 14.9. The number of benzene rings is 1. The number of hydrogen-bond acceptors (Lipinski definition) is 4. The molecule has 0 amide bonds. The number of hydrogen-bond donors (Lipinski definition) is 1. The molecule has 2 N–H and O–H groups in total. The molecule has 0 atom stereocenters. The molecule has 5 nitrogen and oxygen atoms in total. The van der Waals surface area contributed by atoms with Gasteiger partial charge in [-0.05, 0) is 37.5 Å². The van der Waals surface area contributed by atoms with Crippen molar-refractivity contribution in [3.8, 4) is 0 Å². The van der Waals surface area contributed by atoms with E-state index in [-0.39, 0.29) is 11.0 Å². The lowest BCUT2D eigenvalue weighted by Gasteiger charge is -2.31. The van der Waals surface area contributed by atoms with Crippen molar-refractivity contribution >= 4 is 27.3 Å². The SMILES string of the molecule is COC1CCN(S(=O)(=O)c2cc(Cl)cc(N)c2C)CC1. The molecule has 1 fully saturated rings. The third-order valence-electron chi connectivity index (χ3n) is 3.72. The summed E-state index contributed by atoms with van der Waals surface area (Å²) in [7, 11) is -1.91. The number of methoxy groups -OCH3 is 1. The van der Waals surface area contributed by atoms with E-state index in [1.165, 1.54) is 10.4 Å². The fourth-order valence-electron chi connectivity index (χ4n) is 2.39. The summed E-state index contributed by atoms with van der Waals surface area (Å²) in [4.78, 5) is 0.193. The van der Waals surface area contributed by atoms with Crippen molar-refractivity contribution in [3.63, 3.8) is 0 Å². The molecule has 112 valence electrons. The zero-order valence-corrected chi connectivity index (χ0v) is 13.2. The number of piperidine rings is 1. The fourth-order valence-corrected chi connectivity index (χ4v) is 4.43. The average molecular weight is 319 g/mol. The molecular weight excluding hydrogens is 300 g/mol. The van der Waals surface area contributed by atoms with E-state index in [4.69, 9.17) is 22.1 Å². The van der Waals surface area contributed by atoms with Crippen LogP contribution < -0.4 is 5.73 Å². The van der Waals surface area contributed by atoms with Crippen molar-refractivity contribution in [1.82, 2.24) is 4.31 Å². The Morgan fingerprint density at radius 3 is 2.50 bits per heavy atom. The van der Waals surface area contributed by atoms with Crippen molar-refractivity contribution in [1.29, 1.82) is 0 Å². The van der Waals surface area contributed by atoms with E-state index in [2.05, 4.69) is 0 Å². The van der Waals surface area contributed by atoms with E-state index in [1.807, 2.05) is 0 Å². The number of nitrogens with zero attached hydrogens (tertiary/aromatic N) is 1. The molecule has 1 aromatic carbocycles. The molecule has 2 rings (SSSR count). The van der Waals surface area contributed by atoms with Gasteiger partial charge in [0.1, 0.15) is 0 Å². The first-order valence-electron chi connectivity index (χ1n) is 6.45. The molecule has 1 saturated heterocycles. The van der Waals surface area contributed by atoms with Crippen LogP contribution in [0.1, 0.15) is 18.4 Å². The summed E-state index contributed by atoms with van der Waals surface area (Å²) in [5, 5.41) is 0.332. The number of sulfonamides is 1. The maximum atomic E-state index is 12.7. The molecule has 7 heteroatoms. The minimum Gasteiger partial charge on any atom is -0.398 e. The summed E-state index contributed by atoms with van der Waals surface area (Å²) in [6.45, 7) is 2.60. The van der Waals surface area contributed by atoms with Crippen LogP contribution >= 0.6 is 11.6 Å². The highest BCUT2D eigenvalue weighted by Crippen LogP contribution is 2.29. The molecule has 1 aliphatic heterocycles. The molecule has 0 bridgehead atoms. The first-order valence-corrected chi connectivity index (χ1v) is 8.26. The highest BCUT2D eigenvalue weighted by molar-refractivity contribution is 7.89. The summed E-state index contributed by atoms with van der Waals surface area (Å²) >= 11 is 5.93. The van der Waals surface area contributed by atoms with Crippen LogP contribution in [0.25, 0.3) is 0 Å². The Morgan fingerprint density at radius 1 is 1.35 bits per heavy atom. The standard InChI is InChI=1S/C13H19ClN2O3S/c1-9-12(15)7-10(14)8-13(9)20(17,18)16-5-3-11(19-2)4-6-16/h7-8,11H,3-6,15H2,1-2H3. The van der Waals surface area contributed by atoms with E-state index in [0.717, 1.165) is 0 Å². The van der Waals surface area contributed by atoms with Crippen LogP contribution in [0.15, 0.2) is 17.0 Å². The maximum absolute atomic E-state index is 12.7. The molecule has 0 unspecified atom stereocenters. The Labute approximate surface area is 124 Å². The van der Waals surface area contributed by atoms with E-state index in [0.29, 0.717) is 42.2 Å². The molecular formula is C13H19ClN2O3S. The minimum absolute atomic E-state index is 0.131. The van der Waals surface area contributed by atoms with Gasteiger partial charge in [0, 0.05) is 30.9 Å². The topological polar surface area (TPSA) is 72.6 Å². The smallest absolute Gasteiger partial charge is 0.243 e. The highest BCUT2D eigenvalue weighted by Gasteiger charge is 2.31. The molecule has 1 aromatic rings. The second-order valence-electron chi connectivity index (χ2n) is 4.96. The van der Waals surface area contributed by atoms with Crippen LogP contribution in [0.4, 0.5) is 5.69 Å². The summed E-state index contributed by atoms with van der Waals surface area (Å²) in [5.41, 5.74) is 6.74. The number of nitrogen functional groups attached to an aromatic ring is 1. The molecule has 0 spiro atoms. The lowest BCUT2D eigenvalue weighted by atomic mass is 10.1. The Morgan fingerprint density at radius 2 is 1.95 bits per heavy atom. The number of nitrogens with two attached hydrogens (primary N) is 1. The number of rotatable bonds is 3. The third-order valence-corrected chi connectivity index (χ3v) is 5.96. The average Bonchev–Trinajstić information content (AvgIpc) is 2.42. The van der Waals surface area contributed by atoms with Gasteiger partial charge < -0.3 is 10.5 Å². The number of anilines is 1. The van der Waals surface area contributed by atoms with Gasteiger partial charge in [0.25, 0.3) is 0 Å². The van der Waals surface area contributed by atoms with Gasteiger partial charge in [-0.15, -0.1) is 0 Å². The van der Waals surface area contributed by atoms with E-state index >= 15 is 0 Å². The van der Waals surface area contributed by atoms with Gasteiger partial charge in [-0.1, -0.05) is 11.6 Å². The molecule has 20 heavy (non-hydrogen) atoms. The number of halogens is 1. The van der Waals surface area contributed by atoms with E-state index in [9.17, 15) is 8.42 Å². The quantitative estimate of drug-likeness (QED) is 0.865. The summed E-state index contributed by atoms with van der Waals surface area (Å²) < 4.78 is 32.1. The first-order chi connectivity index (χ1) is 9.36. The zero-order valence-electron chi connectivity index (χ0n) is 11.6.